The summed E-state index contributed by atoms with van der Waals surface area (Å²) < 4.78 is 39.1. The van der Waals surface area contributed by atoms with Gasteiger partial charge in [-0.2, -0.15) is 0 Å². The van der Waals surface area contributed by atoms with E-state index in [1.165, 1.54) is 6.07 Å². The number of hydrogen-bond acceptors (Lipinski definition) is 4. The number of phenolic OH excluding ortho intramolecular Hbond substituents is 1. The lowest BCUT2D eigenvalue weighted by molar-refractivity contribution is -0.274. The summed E-state index contributed by atoms with van der Waals surface area (Å²) in [5, 5.41) is 8.91. The van der Waals surface area contributed by atoms with Crippen LogP contribution in [0.1, 0.15) is 0 Å². The highest BCUT2D eigenvalue weighted by atomic mass is 19.4. The van der Waals surface area contributed by atoms with E-state index in [4.69, 9.17) is 10.9 Å². The number of hydrogen-bond donors (Lipinski definition) is 3. The van der Waals surface area contributed by atoms with E-state index in [9.17, 15) is 13.2 Å². The average Bonchev–Trinajstić information content (AvgIpc) is 2.01. The van der Waals surface area contributed by atoms with Gasteiger partial charge in [0, 0.05) is 6.07 Å². The molecule has 0 spiro atoms. The van der Waals surface area contributed by atoms with Gasteiger partial charge >= 0.3 is 6.36 Å². The van der Waals surface area contributed by atoms with Crippen molar-refractivity contribution in [3.8, 4) is 11.5 Å². The van der Waals surface area contributed by atoms with E-state index in [0.29, 0.717) is 0 Å². The maximum Gasteiger partial charge on any atom is 0.573 e. The molecule has 0 aliphatic heterocycles. The van der Waals surface area contributed by atoms with Crippen LogP contribution in [0.3, 0.4) is 0 Å². The Kier molecular flexibility index (Phi) is 2.70. The normalized spacial score (nSPS) is 11.1. The van der Waals surface area contributed by atoms with Gasteiger partial charge in [-0.15, -0.1) is 13.2 Å². The van der Waals surface area contributed by atoms with Crippen molar-refractivity contribution < 1.29 is 23.0 Å². The third-order valence-corrected chi connectivity index (χ3v) is 1.35. The average molecular weight is 208 g/mol. The maximum atomic E-state index is 11.8. The Bertz CT molecular complexity index is 327. The molecule has 0 aromatic heterocycles. The minimum atomic E-state index is -4.82. The first-order valence-corrected chi connectivity index (χ1v) is 3.48. The summed E-state index contributed by atoms with van der Waals surface area (Å²) in [6, 6.07) is 3.15. The Labute approximate surface area is 77.1 Å². The van der Waals surface area contributed by atoms with Crippen LogP contribution in [-0.2, 0) is 0 Å². The summed E-state index contributed by atoms with van der Waals surface area (Å²) in [6.45, 7) is 0. The van der Waals surface area contributed by atoms with Crippen molar-refractivity contribution in [2.24, 2.45) is 5.84 Å². The highest BCUT2D eigenvalue weighted by molar-refractivity contribution is 5.58. The molecule has 0 aliphatic carbocycles. The lowest BCUT2D eigenvalue weighted by Crippen LogP contribution is -2.19. The van der Waals surface area contributed by atoms with Crippen LogP contribution in [-0.4, -0.2) is 11.5 Å². The minimum absolute atomic E-state index is 0.0693. The fourth-order valence-corrected chi connectivity index (χ4v) is 0.839. The van der Waals surface area contributed by atoms with Gasteiger partial charge in [-0.1, -0.05) is 0 Å². The van der Waals surface area contributed by atoms with Crippen molar-refractivity contribution in [1.29, 1.82) is 0 Å². The predicted octanol–water partition coefficient (Wildman–Crippen LogP) is 1.58. The van der Waals surface area contributed by atoms with Gasteiger partial charge in [-0.25, -0.2) is 0 Å². The second-order valence-corrected chi connectivity index (χ2v) is 2.37. The summed E-state index contributed by atoms with van der Waals surface area (Å²) >= 11 is 0. The van der Waals surface area contributed by atoms with Gasteiger partial charge in [0.15, 0.2) is 5.75 Å². The molecular weight excluding hydrogens is 201 g/mol. The molecule has 0 fully saturated rings. The monoisotopic (exact) mass is 208 g/mol. The number of rotatable bonds is 2. The van der Waals surface area contributed by atoms with Crippen molar-refractivity contribution in [3.05, 3.63) is 18.2 Å². The molecule has 14 heavy (non-hydrogen) atoms. The lowest BCUT2D eigenvalue weighted by atomic mass is 10.3. The molecule has 0 bridgehead atoms. The largest absolute Gasteiger partial charge is 0.573 e. The topological polar surface area (TPSA) is 67.5 Å². The Balaban J connectivity index is 2.99. The lowest BCUT2D eigenvalue weighted by Gasteiger charge is -2.12. The number of benzene rings is 1. The second-order valence-electron chi connectivity index (χ2n) is 2.37. The molecule has 7 heteroatoms. The Morgan fingerprint density at radius 1 is 1.36 bits per heavy atom. The Morgan fingerprint density at radius 3 is 2.50 bits per heavy atom. The maximum absolute atomic E-state index is 11.8. The first-order chi connectivity index (χ1) is 6.42. The fourth-order valence-electron chi connectivity index (χ4n) is 0.839. The Morgan fingerprint density at radius 2 is 2.00 bits per heavy atom. The highest BCUT2D eigenvalue weighted by Crippen LogP contribution is 2.32. The van der Waals surface area contributed by atoms with E-state index >= 15 is 0 Å². The van der Waals surface area contributed by atoms with Crippen LogP contribution in [0.2, 0.25) is 0 Å². The number of halogens is 3. The first kappa shape index (κ1) is 10.5. The van der Waals surface area contributed by atoms with E-state index < -0.39 is 12.1 Å². The smallest absolute Gasteiger partial charge is 0.508 e. The van der Waals surface area contributed by atoms with E-state index in [-0.39, 0.29) is 11.4 Å². The molecule has 0 amide bonds. The van der Waals surface area contributed by atoms with Crippen LogP contribution in [0.4, 0.5) is 18.9 Å². The third-order valence-electron chi connectivity index (χ3n) is 1.35. The number of aromatic hydroxyl groups is 1. The molecule has 4 nitrogen and oxygen atoms in total. The molecule has 78 valence electrons. The number of anilines is 1. The summed E-state index contributed by atoms with van der Waals surface area (Å²) in [5.41, 5.74) is 1.94. The summed E-state index contributed by atoms with van der Waals surface area (Å²) in [6.07, 6.45) is -4.82. The van der Waals surface area contributed by atoms with Gasteiger partial charge in [0.05, 0.1) is 5.69 Å². The Hall–Kier alpha value is -1.63. The molecule has 4 N–H and O–H groups in total. The molecular formula is C7H7F3N2O2. The van der Waals surface area contributed by atoms with Crippen molar-refractivity contribution >= 4 is 5.69 Å². The second kappa shape index (κ2) is 3.62. The zero-order valence-corrected chi connectivity index (χ0v) is 6.80. The van der Waals surface area contributed by atoms with E-state index in [0.717, 1.165) is 12.1 Å². The predicted molar refractivity (Wildman–Crippen MR) is 42.6 cm³/mol. The highest BCUT2D eigenvalue weighted by Gasteiger charge is 2.32. The SMILES string of the molecule is NNc1ccc(O)cc1OC(F)(F)F. The standard InChI is InChI=1S/C7H7F3N2O2/c8-7(9,10)14-6-3-4(13)1-2-5(6)12-11/h1-3,12-13H,11H2. The van der Waals surface area contributed by atoms with E-state index in [1.54, 1.807) is 0 Å². The van der Waals surface area contributed by atoms with Gasteiger partial charge in [-0.3, -0.25) is 5.84 Å². The van der Waals surface area contributed by atoms with E-state index in [1.807, 2.05) is 5.43 Å². The number of hydrazine groups is 1. The van der Waals surface area contributed by atoms with Crippen LogP contribution in [0.5, 0.6) is 11.5 Å². The van der Waals surface area contributed by atoms with Gasteiger partial charge in [0.25, 0.3) is 0 Å². The van der Waals surface area contributed by atoms with Crippen LogP contribution >= 0.6 is 0 Å². The van der Waals surface area contributed by atoms with Crippen molar-refractivity contribution in [2.75, 3.05) is 5.43 Å². The molecule has 1 rings (SSSR count). The zero-order valence-electron chi connectivity index (χ0n) is 6.80. The van der Waals surface area contributed by atoms with Crippen molar-refractivity contribution in [1.82, 2.24) is 0 Å². The van der Waals surface area contributed by atoms with Crippen molar-refractivity contribution in [2.45, 2.75) is 6.36 Å². The number of nitrogen functional groups attached to an aromatic ring is 1. The number of nitrogens with one attached hydrogen (secondary N) is 1. The third kappa shape index (κ3) is 2.70. The van der Waals surface area contributed by atoms with Crippen LogP contribution < -0.4 is 16.0 Å². The number of alkyl halides is 3. The fraction of sp³-hybridized carbons (Fsp3) is 0.143. The van der Waals surface area contributed by atoms with Gasteiger partial charge in [-0.05, 0) is 12.1 Å². The van der Waals surface area contributed by atoms with Gasteiger partial charge in [0.1, 0.15) is 5.75 Å². The van der Waals surface area contributed by atoms with Crippen molar-refractivity contribution in [3.63, 3.8) is 0 Å². The zero-order chi connectivity index (χ0) is 10.8. The molecule has 0 saturated carbocycles. The molecule has 0 radical (unpaired) electrons. The first-order valence-electron chi connectivity index (χ1n) is 3.48. The molecule has 1 aromatic carbocycles. The molecule has 0 saturated heterocycles. The summed E-state index contributed by atoms with van der Waals surface area (Å²) in [4.78, 5) is 0. The summed E-state index contributed by atoms with van der Waals surface area (Å²) in [5.74, 6) is 4.01. The number of ether oxygens (including phenoxy) is 1. The number of nitrogens with two attached hydrogens (primary N) is 1. The van der Waals surface area contributed by atoms with Gasteiger partial charge in [0.2, 0.25) is 0 Å². The molecule has 1 aromatic rings. The molecule has 0 aliphatic rings. The van der Waals surface area contributed by atoms with E-state index in [2.05, 4.69) is 4.74 Å². The minimum Gasteiger partial charge on any atom is -0.508 e. The van der Waals surface area contributed by atoms with Crippen LogP contribution in [0.25, 0.3) is 0 Å². The molecule has 0 heterocycles. The number of phenols is 1. The molecule has 0 unspecified atom stereocenters. The van der Waals surface area contributed by atoms with Crippen LogP contribution in [0, 0.1) is 0 Å². The molecule has 0 atom stereocenters. The van der Waals surface area contributed by atoms with Crippen LogP contribution in [0.15, 0.2) is 18.2 Å². The summed E-state index contributed by atoms with van der Waals surface area (Å²) in [7, 11) is 0. The quantitative estimate of drug-likeness (QED) is 0.392. The van der Waals surface area contributed by atoms with Gasteiger partial charge < -0.3 is 15.3 Å².